The number of hydrogen-bond acceptors (Lipinski definition) is 3. The van der Waals surface area contributed by atoms with Crippen molar-refractivity contribution in [3.05, 3.63) is 60.1 Å². The molecule has 27 heavy (non-hydrogen) atoms. The number of benzene rings is 1. The summed E-state index contributed by atoms with van der Waals surface area (Å²) in [4.78, 5) is 17.9. The minimum atomic E-state index is -0.0731. The molecule has 0 bridgehead atoms. The summed E-state index contributed by atoms with van der Waals surface area (Å²) in [5.74, 6) is 1.50. The summed E-state index contributed by atoms with van der Waals surface area (Å²) >= 11 is 0. The maximum Gasteiger partial charge on any atom is 0.243 e. The van der Waals surface area contributed by atoms with Gasteiger partial charge >= 0.3 is 0 Å². The zero-order valence-corrected chi connectivity index (χ0v) is 16.7. The number of nitrogens with zero attached hydrogens (tertiary/aromatic N) is 2. The summed E-state index contributed by atoms with van der Waals surface area (Å²) < 4.78 is 5.36. The molecule has 1 heterocycles. The molecule has 2 rings (SSSR count). The number of aliphatic imine (C=N–C) groups is 1. The van der Waals surface area contributed by atoms with Crippen molar-refractivity contribution < 1.29 is 9.21 Å². The van der Waals surface area contributed by atoms with Crippen LogP contribution < -0.4 is 10.6 Å². The lowest BCUT2D eigenvalue weighted by Crippen LogP contribution is -2.44. The van der Waals surface area contributed by atoms with Gasteiger partial charge in [0, 0.05) is 39.0 Å². The van der Waals surface area contributed by atoms with Gasteiger partial charge in [-0.1, -0.05) is 44.2 Å². The lowest BCUT2D eigenvalue weighted by atomic mass is 9.85. The third kappa shape index (κ3) is 6.81. The zero-order valence-electron chi connectivity index (χ0n) is 16.7. The maximum atomic E-state index is 11.9. The van der Waals surface area contributed by atoms with Gasteiger partial charge in [0.1, 0.15) is 12.3 Å². The maximum absolute atomic E-state index is 11.9. The highest BCUT2D eigenvalue weighted by molar-refractivity contribution is 5.84. The van der Waals surface area contributed by atoms with E-state index in [0.717, 1.165) is 12.2 Å². The van der Waals surface area contributed by atoms with E-state index in [1.54, 1.807) is 20.4 Å². The van der Waals surface area contributed by atoms with E-state index in [0.29, 0.717) is 19.0 Å². The van der Waals surface area contributed by atoms with Crippen LogP contribution >= 0.6 is 0 Å². The molecule has 6 nitrogen and oxygen atoms in total. The van der Waals surface area contributed by atoms with Crippen LogP contribution in [0.5, 0.6) is 0 Å². The lowest BCUT2D eigenvalue weighted by Gasteiger charge is -2.27. The van der Waals surface area contributed by atoms with Crippen molar-refractivity contribution in [2.75, 3.05) is 33.7 Å². The molecule has 2 aromatic rings. The van der Waals surface area contributed by atoms with Gasteiger partial charge in [0.15, 0.2) is 5.96 Å². The van der Waals surface area contributed by atoms with Gasteiger partial charge < -0.3 is 20.0 Å². The van der Waals surface area contributed by atoms with E-state index in [1.165, 1.54) is 10.5 Å². The monoisotopic (exact) mass is 370 g/mol. The molecule has 0 aliphatic heterocycles. The van der Waals surface area contributed by atoms with Crippen LogP contribution in [0.2, 0.25) is 0 Å². The fraction of sp³-hybridized carbons (Fsp3) is 0.429. The molecule has 0 atom stereocenters. The van der Waals surface area contributed by atoms with Crippen molar-refractivity contribution in [2.45, 2.75) is 25.7 Å². The van der Waals surface area contributed by atoms with E-state index in [1.807, 2.05) is 30.3 Å². The summed E-state index contributed by atoms with van der Waals surface area (Å²) in [5, 5.41) is 6.65. The average Bonchev–Trinajstić information content (AvgIpc) is 3.17. The molecule has 1 aromatic carbocycles. The minimum absolute atomic E-state index is 0.0375. The van der Waals surface area contributed by atoms with Gasteiger partial charge in [0.05, 0.1) is 6.26 Å². The smallest absolute Gasteiger partial charge is 0.243 e. The van der Waals surface area contributed by atoms with Crippen molar-refractivity contribution in [3.8, 4) is 0 Å². The Morgan fingerprint density at radius 1 is 1.11 bits per heavy atom. The topological polar surface area (TPSA) is 69.9 Å². The first-order chi connectivity index (χ1) is 12.9. The van der Waals surface area contributed by atoms with Crippen LogP contribution in [-0.2, 0) is 16.6 Å². The largest absolute Gasteiger partial charge is 0.469 e. The molecule has 6 heteroatoms. The SMILES string of the molecule is CN(C)C(=O)CN=C(NCCc1ccco1)NCC(C)(C)c1ccccc1. The Morgan fingerprint density at radius 3 is 2.48 bits per heavy atom. The quantitative estimate of drug-likeness (QED) is 0.553. The van der Waals surface area contributed by atoms with Gasteiger partial charge in [-0.25, -0.2) is 4.99 Å². The standard InChI is InChI=1S/C21H30N4O2/c1-21(2,17-9-6-5-7-10-17)16-24-20(23-15-19(26)25(3)4)22-13-12-18-11-8-14-27-18/h5-11,14H,12-13,15-16H2,1-4H3,(H2,22,23,24). The molecule has 0 aliphatic carbocycles. The summed E-state index contributed by atoms with van der Waals surface area (Å²) in [5.41, 5.74) is 1.17. The predicted octanol–water partition coefficient (Wildman–Crippen LogP) is 2.42. The van der Waals surface area contributed by atoms with Gasteiger partial charge in [-0.2, -0.15) is 0 Å². The molecular formula is C21H30N4O2. The Hall–Kier alpha value is -2.76. The van der Waals surface area contributed by atoms with Gasteiger partial charge in [0.2, 0.25) is 5.91 Å². The second kappa shape index (κ2) is 9.80. The number of amides is 1. The second-order valence-corrected chi connectivity index (χ2v) is 7.31. The minimum Gasteiger partial charge on any atom is -0.469 e. The van der Waals surface area contributed by atoms with Crippen molar-refractivity contribution >= 4 is 11.9 Å². The first-order valence-electron chi connectivity index (χ1n) is 9.19. The molecule has 1 amide bonds. The molecule has 0 saturated heterocycles. The van der Waals surface area contributed by atoms with E-state index in [2.05, 4.69) is 41.6 Å². The Labute approximate surface area is 161 Å². The number of likely N-dealkylation sites (N-methyl/N-ethyl adjacent to an activating group) is 1. The lowest BCUT2D eigenvalue weighted by molar-refractivity contribution is -0.127. The number of hydrogen-bond donors (Lipinski definition) is 2. The van der Waals surface area contributed by atoms with Gasteiger partial charge in [-0.3, -0.25) is 4.79 Å². The molecule has 0 fully saturated rings. The fourth-order valence-corrected chi connectivity index (χ4v) is 2.52. The van der Waals surface area contributed by atoms with Gasteiger partial charge in [-0.05, 0) is 17.7 Å². The Morgan fingerprint density at radius 2 is 1.85 bits per heavy atom. The first kappa shape index (κ1) is 20.6. The summed E-state index contributed by atoms with van der Waals surface area (Å²) in [6, 6.07) is 14.2. The number of carbonyl (C=O) groups is 1. The predicted molar refractivity (Wildman–Crippen MR) is 109 cm³/mol. The van der Waals surface area contributed by atoms with E-state index in [4.69, 9.17) is 4.42 Å². The molecule has 0 saturated carbocycles. The average molecular weight is 370 g/mol. The van der Waals surface area contributed by atoms with Crippen LogP contribution in [0, 0.1) is 0 Å². The van der Waals surface area contributed by atoms with Crippen molar-refractivity contribution in [1.29, 1.82) is 0 Å². The van der Waals surface area contributed by atoms with Crippen molar-refractivity contribution in [3.63, 3.8) is 0 Å². The fourth-order valence-electron chi connectivity index (χ4n) is 2.52. The van der Waals surface area contributed by atoms with Crippen LogP contribution in [0.15, 0.2) is 58.1 Å². The molecule has 0 radical (unpaired) electrons. The summed E-state index contributed by atoms with van der Waals surface area (Å²) in [7, 11) is 3.46. The first-order valence-corrected chi connectivity index (χ1v) is 9.19. The van der Waals surface area contributed by atoms with Crippen molar-refractivity contribution in [2.24, 2.45) is 4.99 Å². The third-order valence-corrected chi connectivity index (χ3v) is 4.37. The molecule has 2 N–H and O–H groups in total. The molecule has 0 spiro atoms. The van der Waals surface area contributed by atoms with Crippen molar-refractivity contribution in [1.82, 2.24) is 15.5 Å². The number of nitrogens with one attached hydrogen (secondary N) is 2. The van der Waals surface area contributed by atoms with Crippen LogP contribution in [0.3, 0.4) is 0 Å². The molecular weight excluding hydrogens is 340 g/mol. The molecule has 1 aromatic heterocycles. The van der Waals surface area contributed by atoms with Gasteiger partial charge in [-0.15, -0.1) is 0 Å². The van der Waals surface area contributed by atoms with Crippen LogP contribution in [0.4, 0.5) is 0 Å². The van der Waals surface area contributed by atoms with E-state index >= 15 is 0 Å². The third-order valence-electron chi connectivity index (χ3n) is 4.37. The Kier molecular flexibility index (Phi) is 7.46. The van der Waals surface area contributed by atoms with E-state index in [-0.39, 0.29) is 17.9 Å². The highest BCUT2D eigenvalue weighted by atomic mass is 16.3. The Bertz CT molecular complexity index is 722. The van der Waals surface area contributed by atoms with E-state index in [9.17, 15) is 4.79 Å². The number of rotatable bonds is 8. The summed E-state index contributed by atoms with van der Waals surface area (Å²) in [6.45, 7) is 5.83. The highest BCUT2D eigenvalue weighted by Gasteiger charge is 2.20. The normalized spacial score (nSPS) is 11.9. The molecule has 0 aliphatic rings. The Balaban J connectivity index is 1.97. The second-order valence-electron chi connectivity index (χ2n) is 7.31. The van der Waals surface area contributed by atoms with Crippen LogP contribution in [-0.4, -0.2) is 50.5 Å². The van der Waals surface area contributed by atoms with Crippen LogP contribution in [0.1, 0.15) is 25.2 Å². The van der Waals surface area contributed by atoms with E-state index < -0.39 is 0 Å². The molecule has 146 valence electrons. The summed E-state index contributed by atoms with van der Waals surface area (Å²) in [6.07, 6.45) is 2.41. The molecule has 0 unspecified atom stereocenters. The number of guanidine groups is 1. The van der Waals surface area contributed by atoms with Gasteiger partial charge in [0.25, 0.3) is 0 Å². The number of furan rings is 1. The van der Waals surface area contributed by atoms with Crippen LogP contribution in [0.25, 0.3) is 0 Å². The number of carbonyl (C=O) groups excluding carboxylic acids is 1. The highest BCUT2D eigenvalue weighted by Crippen LogP contribution is 2.21. The zero-order chi connectivity index (χ0) is 19.7.